The molecule has 0 fully saturated rings. The molecule has 5 rings (SSSR count). The van der Waals surface area contributed by atoms with Crippen LogP contribution in [0.1, 0.15) is 16.7 Å². The standard InChI is InChI=1S/C26H21N3O4/c30-20-10-6-18(7-11-20)15-26(33)25(32)29-16-23(19-8-12-21(31)13-9-19)27-22(24(29)28-26)14-17-4-2-1-3-5-17/h1-13,16,30-31,33H,14-15H2. The summed E-state index contributed by atoms with van der Waals surface area (Å²) in [5.74, 6) is -0.0210. The maximum Gasteiger partial charge on any atom is 0.287 e. The molecule has 0 saturated heterocycles. The first-order valence-corrected chi connectivity index (χ1v) is 10.5. The third kappa shape index (κ3) is 4.02. The van der Waals surface area contributed by atoms with Gasteiger partial charge in [-0.1, -0.05) is 42.5 Å². The van der Waals surface area contributed by atoms with E-state index in [0.717, 1.165) is 11.1 Å². The lowest BCUT2D eigenvalue weighted by Gasteiger charge is -2.23. The number of carbonyl (C=O) groups is 1. The number of benzene rings is 3. The molecule has 3 aromatic rings. The smallest absolute Gasteiger partial charge is 0.287 e. The van der Waals surface area contributed by atoms with Crippen molar-refractivity contribution in [2.45, 2.75) is 18.6 Å². The zero-order chi connectivity index (χ0) is 23.0. The van der Waals surface area contributed by atoms with Crippen molar-refractivity contribution in [1.29, 1.82) is 0 Å². The van der Waals surface area contributed by atoms with Crippen LogP contribution in [0.15, 0.2) is 95.0 Å². The second-order valence-corrected chi connectivity index (χ2v) is 8.05. The van der Waals surface area contributed by atoms with E-state index in [0.29, 0.717) is 29.2 Å². The number of fused-ring (bicyclic) bond motifs is 1. The third-order valence-electron chi connectivity index (χ3n) is 5.61. The molecule has 0 aromatic heterocycles. The van der Waals surface area contributed by atoms with Crippen LogP contribution in [-0.4, -0.2) is 43.4 Å². The molecule has 1 atom stereocenters. The molecule has 0 radical (unpaired) electrons. The molecule has 7 heteroatoms. The molecule has 3 aromatic carbocycles. The largest absolute Gasteiger partial charge is 0.508 e. The normalized spacial score (nSPS) is 19.6. The number of hydrogen-bond acceptors (Lipinski definition) is 6. The molecular weight excluding hydrogens is 418 g/mol. The first-order chi connectivity index (χ1) is 15.9. The van der Waals surface area contributed by atoms with Gasteiger partial charge in [0.25, 0.3) is 5.91 Å². The van der Waals surface area contributed by atoms with Gasteiger partial charge in [0, 0.05) is 24.6 Å². The van der Waals surface area contributed by atoms with Crippen molar-refractivity contribution in [2.75, 3.05) is 0 Å². The molecule has 1 amide bonds. The van der Waals surface area contributed by atoms with Crippen molar-refractivity contribution < 1.29 is 20.1 Å². The summed E-state index contributed by atoms with van der Waals surface area (Å²) in [6.45, 7) is 0. The maximum atomic E-state index is 13.3. The molecular formula is C26H21N3O4. The van der Waals surface area contributed by atoms with Crippen LogP contribution in [0.5, 0.6) is 11.5 Å². The van der Waals surface area contributed by atoms with Crippen molar-refractivity contribution in [1.82, 2.24) is 4.90 Å². The quantitative estimate of drug-likeness (QED) is 0.567. The molecule has 0 aliphatic carbocycles. The number of aliphatic imine (C=N–C) groups is 2. The summed E-state index contributed by atoms with van der Waals surface area (Å²) in [6.07, 6.45) is 1.96. The van der Waals surface area contributed by atoms with Crippen LogP contribution in [-0.2, 0) is 17.6 Å². The van der Waals surface area contributed by atoms with Crippen LogP contribution in [0.2, 0.25) is 0 Å². The summed E-state index contributed by atoms with van der Waals surface area (Å²) in [6, 6.07) is 22.6. The lowest BCUT2D eigenvalue weighted by molar-refractivity contribution is -0.141. The summed E-state index contributed by atoms with van der Waals surface area (Å²) >= 11 is 0. The average Bonchev–Trinajstić information content (AvgIpc) is 3.07. The second-order valence-electron chi connectivity index (χ2n) is 8.05. The number of nitrogens with zero attached hydrogens (tertiary/aromatic N) is 3. The minimum atomic E-state index is -1.98. The third-order valence-corrected chi connectivity index (χ3v) is 5.61. The Balaban J connectivity index is 1.55. The lowest BCUT2D eigenvalue weighted by Crippen LogP contribution is -2.43. The van der Waals surface area contributed by atoms with E-state index in [1.54, 1.807) is 42.6 Å². The van der Waals surface area contributed by atoms with Gasteiger partial charge in [-0.15, -0.1) is 0 Å². The van der Waals surface area contributed by atoms with E-state index in [2.05, 4.69) is 4.99 Å². The van der Waals surface area contributed by atoms with Crippen LogP contribution in [0, 0.1) is 0 Å². The number of hydrogen-bond donors (Lipinski definition) is 3. The highest BCUT2D eigenvalue weighted by atomic mass is 16.3. The molecule has 33 heavy (non-hydrogen) atoms. The molecule has 0 saturated carbocycles. The van der Waals surface area contributed by atoms with Crippen LogP contribution in [0.25, 0.3) is 5.70 Å². The Labute approximate surface area is 190 Å². The number of aromatic hydroxyl groups is 2. The first kappa shape index (κ1) is 20.7. The number of phenols is 2. The van der Waals surface area contributed by atoms with Gasteiger partial charge in [0.1, 0.15) is 11.5 Å². The Hall–Kier alpha value is -4.23. The van der Waals surface area contributed by atoms with Crippen molar-refractivity contribution in [3.63, 3.8) is 0 Å². The molecule has 0 spiro atoms. The number of amidine groups is 1. The Morgan fingerprint density at radius 2 is 1.45 bits per heavy atom. The lowest BCUT2D eigenvalue weighted by atomic mass is 10.0. The van der Waals surface area contributed by atoms with Crippen LogP contribution >= 0.6 is 0 Å². The zero-order valence-electron chi connectivity index (χ0n) is 17.6. The highest BCUT2D eigenvalue weighted by molar-refractivity contribution is 6.47. The van der Waals surface area contributed by atoms with E-state index in [1.165, 1.54) is 17.0 Å². The SMILES string of the molecule is O=C1N2C=C(c3ccc(O)cc3)N=C(Cc3ccccc3)C2=NC1(O)Cc1ccc(O)cc1. The molecule has 164 valence electrons. The number of aliphatic hydroxyl groups is 1. The molecule has 2 aliphatic heterocycles. The van der Waals surface area contributed by atoms with Crippen LogP contribution in [0.4, 0.5) is 0 Å². The minimum absolute atomic E-state index is 0.0346. The fraction of sp³-hybridized carbons (Fsp3) is 0.115. The molecule has 7 nitrogen and oxygen atoms in total. The first-order valence-electron chi connectivity index (χ1n) is 10.5. The van der Waals surface area contributed by atoms with E-state index in [1.807, 2.05) is 30.3 Å². The topological polar surface area (TPSA) is 106 Å². The van der Waals surface area contributed by atoms with E-state index in [9.17, 15) is 20.1 Å². The van der Waals surface area contributed by atoms with E-state index in [4.69, 9.17) is 4.99 Å². The summed E-state index contributed by atoms with van der Waals surface area (Å²) in [5.41, 5.74) is 1.48. The van der Waals surface area contributed by atoms with Crippen molar-refractivity contribution in [3.8, 4) is 11.5 Å². The molecule has 0 bridgehead atoms. The molecule has 2 aliphatic rings. The summed E-state index contributed by atoms with van der Waals surface area (Å²) in [4.78, 5) is 23.9. The Kier molecular flexibility index (Phi) is 5.03. The van der Waals surface area contributed by atoms with Crippen molar-refractivity contribution >= 4 is 23.2 Å². The van der Waals surface area contributed by atoms with E-state index >= 15 is 0 Å². The summed E-state index contributed by atoms with van der Waals surface area (Å²) < 4.78 is 0. The van der Waals surface area contributed by atoms with Gasteiger partial charge in [0.15, 0.2) is 5.84 Å². The Morgan fingerprint density at radius 1 is 0.818 bits per heavy atom. The maximum absolute atomic E-state index is 13.3. The fourth-order valence-electron chi connectivity index (χ4n) is 3.93. The number of amides is 1. The average molecular weight is 439 g/mol. The fourth-order valence-corrected chi connectivity index (χ4v) is 3.93. The number of rotatable bonds is 5. The molecule has 3 N–H and O–H groups in total. The van der Waals surface area contributed by atoms with Crippen molar-refractivity contribution in [2.24, 2.45) is 9.98 Å². The predicted octanol–water partition coefficient (Wildman–Crippen LogP) is 3.27. The van der Waals surface area contributed by atoms with Crippen LogP contribution in [0.3, 0.4) is 0 Å². The van der Waals surface area contributed by atoms with E-state index in [-0.39, 0.29) is 17.9 Å². The van der Waals surface area contributed by atoms with E-state index < -0.39 is 11.6 Å². The second kappa shape index (κ2) is 8.03. The van der Waals surface area contributed by atoms with Crippen LogP contribution < -0.4 is 0 Å². The summed E-state index contributed by atoms with van der Waals surface area (Å²) in [5, 5.41) is 30.4. The molecule has 1 unspecified atom stereocenters. The molecule has 2 heterocycles. The summed E-state index contributed by atoms with van der Waals surface area (Å²) in [7, 11) is 0. The monoisotopic (exact) mass is 439 g/mol. The number of phenolic OH excluding ortho intramolecular Hbond substituents is 2. The number of carbonyl (C=O) groups excluding carboxylic acids is 1. The van der Waals surface area contributed by atoms with Crippen molar-refractivity contribution in [3.05, 3.63) is 102 Å². The predicted molar refractivity (Wildman–Crippen MR) is 125 cm³/mol. The van der Waals surface area contributed by atoms with Gasteiger partial charge in [-0.25, -0.2) is 9.98 Å². The zero-order valence-corrected chi connectivity index (χ0v) is 17.6. The highest BCUT2D eigenvalue weighted by Gasteiger charge is 2.48. The van der Waals surface area contributed by atoms with Gasteiger partial charge >= 0.3 is 0 Å². The van der Waals surface area contributed by atoms with Gasteiger partial charge < -0.3 is 15.3 Å². The Bertz CT molecular complexity index is 1300. The van der Waals surface area contributed by atoms with Gasteiger partial charge in [-0.3, -0.25) is 9.69 Å². The van der Waals surface area contributed by atoms with Gasteiger partial charge in [-0.05, 0) is 47.5 Å². The minimum Gasteiger partial charge on any atom is -0.508 e. The Morgan fingerprint density at radius 3 is 2.12 bits per heavy atom. The van der Waals surface area contributed by atoms with Gasteiger partial charge in [-0.2, -0.15) is 0 Å². The highest BCUT2D eigenvalue weighted by Crippen LogP contribution is 2.32. The van der Waals surface area contributed by atoms with Gasteiger partial charge in [0.05, 0.1) is 11.4 Å². The van der Waals surface area contributed by atoms with Gasteiger partial charge in [0.2, 0.25) is 5.72 Å².